The first-order valence-electron chi connectivity index (χ1n) is 3.02. The first-order valence-corrected chi connectivity index (χ1v) is 4.09. The lowest BCUT2D eigenvalue weighted by atomic mass is 10.5. The number of aryl methyl sites for hydroxylation is 1. The Morgan fingerprint density at radius 1 is 1.78 bits per heavy atom. The summed E-state index contributed by atoms with van der Waals surface area (Å²) in [5, 5.41) is 4.20. The van der Waals surface area contributed by atoms with Crippen LogP contribution in [0.4, 0.5) is 0 Å². The topological polar surface area (TPSA) is 17.8 Å². The number of aromatic nitrogens is 2. The quantitative estimate of drug-likeness (QED) is 0.717. The van der Waals surface area contributed by atoms with Crippen LogP contribution in [-0.2, 0) is 6.54 Å². The van der Waals surface area contributed by atoms with Gasteiger partial charge in [-0.25, -0.2) is 0 Å². The molecule has 1 aromatic rings. The van der Waals surface area contributed by atoms with E-state index in [4.69, 9.17) is 0 Å². The molecule has 0 saturated heterocycles. The summed E-state index contributed by atoms with van der Waals surface area (Å²) in [6, 6.07) is 2.01. The van der Waals surface area contributed by atoms with E-state index in [-0.39, 0.29) is 0 Å². The van der Waals surface area contributed by atoms with Crippen LogP contribution in [0.5, 0.6) is 0 Å². The molecule has 1 rings (SSSR count). The lowest BCUT2D eigenvalue weighted by molar-refractivity contribution is 0.599. The standard InChI is InChI=1S/C6H9IN2/c1-2-4-9-5-3-6(7)8-9/h3,5H,2,4H2,1H3. The third kappa shape index (κ3) is 1.97. The molecule has 0 bridgehead atoms. The van der Waals surface area contributed by atoms with E-state index in [1.54, 1.807) is 0 Å². The second-order valence-corrected chi connectivity index (χ2v) is 3.01. The Balaban J connectivity index is 2.61. The fourth-order valence-corrected chi connectivity index (χ4v) is 1.13. The third-order valence-electron chi connectivity index (χ3n) is 1.06. The summed E-state index contributed by atoms with van der Waals surface area (Å²) < 4.78 is 3.03. The van der Waals surface area contributed by atoms with E-state index in [1.165, 1.54) is 0 Å². The molecule has 0 amide bonds. The highest BCUT2D eigenvalue weighted by Gasteiger charge is 1.90. The summed E-state index contributed by atoms with van der Waals surface area (Å²) in [5.74, 6) is 0. The smallest absolute Gasteiger partial charge is 0.123 e. The predicted octanol–water partition coefficient (Wildman–Crippen LogP) is 1.90. The van der Waals surface area contributed by atoms with Gasteiger partial charge in [0.1, 0.15) is 3.70 Å². The van der Waals surface area contributed by atoms with Gasteiger partial charge in [-0.3, -0.25) is 4.68 Å². The lowest BCUT2D eigenvalue weighted by Crippen LogP contribution is -1.96. The van der Waals surface area contributed by atoms with Crippen LogP contribution in [-0.4, -0.2) is 9.78 Å². The van der Waals surface area contributed by atoms with E-state index in [0.717, 1.165) is 16.7 Å². The molecule has 0 fully saturated rings. The van der Waals surface area contributed by atoms with Crippen LogP contribution in [0.15, 0.2) is 12.3 Å². The van der Waals surface area contributed by atoms with Crippen molar-refractivity contribution in [2.24, 2.45) is 0 Å². The highest BCUT2D eigenvalue weighted by atomic mass is 127. The fraction of sp³-hybridized carbons (Fsp3) is 0.500. The molecule has 0 atom stereocenters. The van der Waals surface area contributed by atoms with Crippen molar-refractivity contribution in [1.82, 2.24) is 9.78 Å². The van der Waals surface area contributed by atoms with Crippen LogP contribution in [0.25, 0.3) is 0 Å². The van der Waals surface area contributed by atoms with E-state index >= 15 is 0 Å². The molecule has 0 aliphatic rings. The van der Waals surface area contributed by atoms with Gasteiger partial charge in [-0.15, -0.1) is 0 Å². The number of hydrogen-bond donors (Lipinski definition) is 0. The van der Waals surface area contributed by atoms with Crippen molar-refractivity contribution in [3.63, 3.8) is 0 Å². The van der Waals surface area contributed by atoms with Crippen LogP contribution in [0.1, 0.15) is 13.3 Å². The van der Waals surface area contributed by atoms with Crippen LogP contribution in [0, 0.1) is 3.70 Å². The maximum atomic E-state index is 4.20. The minimum absolute atomic E-state index is 1.03. The Kier molecular flexibility index (Phi) is 2.50. The van der Waals surface area contributed by atoms with Crippen molar-refractivity contribution in [3.05, 3.63) is 16.0 Å². The fourth-order valence-electron chi connectivity index (χ4n) is 0.691. The summed E-state index contributed by atoms with van der Waals surface area (Å²) >= 11 is 2.21. The molecule has 0 aliphatic heterocycles. The van der Waals surface area contributed by atoms with Crippen LogP contribution in [0.2, 0.25) is 0 Å². The zero-order valence-corrected chi connectivity index (χ0v) is 7.50. The number of hydrogen-bond acceptors (Lipinski definition) is 1. The van der Waals surface area contributed by atoms with Gasteiger partial charge in [0.25, 0.3) is 0 Å². The number of halogens is 1. The SMILES string of the molecule is CCCn1ccc(I)n1. The second kappa shape index (κ2) is 3.20. The van der Waals surface area contributed by atoms with Crippen LogP contribution >= 0.6 is 22.6 Å². The maximum absolute atomic E-state index is 4.20. The molecule has 1 aromatic heterocycles. The molecule has 0 saturated carbocycles. The molecule has 0 aliphatic carbocycles. The van der Waals surface area contributed by atoms with Crippen molar-refractivity contribution in [2.45, 2.75) is 19.9 Å². The van der Waals surface area contributed by atoms with Gasteiger partial charge in [-0.1, -0.05) is 6.92 Å². The zero-order chi connectivity index (χ0) is 6.69. The Morgan fingerprint density at radius 3 is 3.00 bits per heavy atom. The average Bonchev–Trinajstić information content (AvgIpc) is 2.17. The van der Waals surface area contributed by atoms with Gasteiger partial charge in [-0.05, 0) is 35.1 Å². The van der Waals surface area contributed by atoms with Crippen molar-refractivity contribution in [2.75, 3.05) is 0 Å². The average molecular weight is 236 g/mol. The normalized spacial score (nSPS) is 10.0. The molecule has 50 valence electrons. The summed E-state index contributed by atoms with van der Waals surface area (Å²) in [6.07, 6.45) is 3.16. The summed E-state index contributed by atoms with van der Waals surface area (Å²) in [6.45, 7) is 3.18. The molecule has 9 heavy (non-hydrogen) atoms. The summed E-state index contributed by atoms with van der Waals surface area (Å²) in [7, 11) is 0. The van der Waals surface area contributed by atoms with Crippen LogP contribution < -0.4 is 0 Å². The predicted molar refractivity (Wildman–Crippen MR) is 45.2 cm³/mol. The Hall–Kier alpha value is -0.0600. The highest BCUT2D eigenvalue weighted by molar-refractivity contribution is 14.1. The van der Waals surface area contributed by atoms with Crippen molar-refractivity contribution >= 4 is 22.6 Å². The Bertz CT molecular complexity index is 183. The molecular weight excluding hydrogens is 227 g/mol. The Morgan fingerprint density at radius 2 is 2.56 bits per heavy atom. The molecule has 0 radical (unpaired) electrons. The first kappa shape index (κ1) is 7.05. The van der Waals surface area contributed by atoms with Crippen LogP contribution in [0.3, 0.4) is 0 Å². The number of rotatable bonds is 2. The largest absolute Gasteiger partial charge is 0.272 e. The molecule has 1 heterocycles. The van der Waals surface area contributed by atoms with Crippen molar-refractivity contribution < 1.29 is 0 Å². The molecule has 0 spiro atoms. The van der Waals surface area contributed by atoms with E-state index in [9.17, 15) is 0 Å². The first-order chi connectivity index (χ1) is 4.33. The van der Waals surface area contributed by atoms with Gasteiger partial charge in [-0.2, -0.15) is 5.10 Å². The monoisotopic (exact) mass is 236 g/mol. The molecule has 0 N–H and O–H groups in total. The van der Waals surface area contributed by atoms with Gasteiger partial charge in [0.2, 0.25) is 0 Å². The zero-order valence-electron chi connectivity index (χ0n) is 5.34. The molecule has 0 unspecified atom stereocenters. The van der Waals surface area contributed by atoms with Gasteiger partial charge in [0.15, 0.2) is 0 Å². The molecule has 0 aromatic carbocycles. The van der Waals surface area contributed by atoms with E-state index in [0.29, 0.717) is 0 Å². The minimum Gasteiger partial charge on any atom is -0.272 e. The van der Waals surface area contributed by atoms with Gasteiger partial charge in [0.05, 0.1) is 0 Å². The summed E-state index contributed by atoms with van der Waals surface area (Å²) in [5.41, 5.74) is 0. The van der Waals surface area contributed by atoms with Crippen molar-refractivity contribution in [1.29, 1.82) is 0 Å². The molecular formula is C6H9IN2. The van der Waals surface area contributed by atoms with Crippen molar-refractivity contribution in [3.8, 4) is 0 Å². The highest BCUT2D eigenvalue weighted by Crippen LogP contribution is 1.99. The second-order valence-electron chi connectivity index (χ2n) is 1.90. The van der Waals surface area contributed by atoms with Gasteiger partial charge in [0, 0.05) is 12.7 Å². The van der Waals surface area contributed by atoms with Gasteiger partial charge < -0.3 is 0 Å². The van der Waals surface area contributed by atoms with E-state index in [2.05, 4.69) is 34.6 Å². The van der Waals surface area contributed by atoms with E-state index < -0.39 is 0 Å². The van der Waals surface area contributed by atoms with E-state index in [1.807, 2.05) is 16.9 Å². The molecule has 3 heteroatoms. The van der Waals surface area contributed by atoms with Gasteiger partial charge >= 0.3 is 0 Å². The lowest BCUT2D eigenvalue weighted by Gasteiger charge is -1.93. The summed E-state index contributed by atoms with van der Waals surface area (Å²) in [4.78, 5) is 0. The molecule has 2 nitrogen and oxygen atoms in total. The third-order valence-corrected chi connectivity index (χ3v) is 1.64. The number of nitrogens with zero attached hydrogens (tertiary/aromatic N) is 2. The minimum atomic E-state index is 1.03. The Labute approximate surface area is 68.4 Å². The maximum Gasteiger partial charge on any atom is 0.123 e.